The first kappa shape index (κ1) is 15.7. The summed E-state index contributed by atoms with van der Waals surface area (Å²) in [6.45, 7) is 4.75. The zero-order valence-electron chi connectivity index (χ0n) is 11.2. The van der Waals surface area contributed by atoms with Gasteiger partial charge in [-0.1, -0.05) is 18.5 Å². The molecule has 2 nitrogen and oxygen atoms in total. The van der Waals surface area contributed by atoms with Crippen LogP contribution in [0.5, 0.6) is 5.75 Å². The molecule has 102 valence electrons. The number of benzene rings is 1. The lowest BCUT2D eigenvalue weighted by molar-refractivity contribution is 0.314. The Hall–Kier alpha value is -0.380. The Bertz CT molecular complexity index is 347. The Morgan fingerprint density at radius 1 is 1.39 bits per heavy atom. The molecule has 0 atom stereocenters. The molecular formula is C14H22ClNOS. The van der Waals surface area contributed by atoms with Crippen LogP contribution in [0.4, 0.5) is 0 Å². The van der Waals surface area contributed by atoms with Gasteiger partial charge in [0.25, 0.3) is 0 Å². The third-order valence-electron chi connectivity index (χ3n) is 2.52. The van der Waals surface area contributed by atoms with Crippen molar-refractivity contribution in [2.45, 2.75) is 26.3 Å². The predicted molar refractivity (Wildman–Crippen MR) is 81.9 cm³/mol. The summed E-state index contributed by atoms with van der Waals surface area (Å²) in [6.07, 6.45) is 4.32. The maximum Gasteiger partial charge on any atom is 0.123 e. The highest BCUT2D eigenvalue weighted by molar-refractivity contribution is 7.98. The van der Waals surface area contributed by atoms with Crippen molar-refractivity contribution in [1.29, 1.82) is 0 Å². The summed E-state index contributed by atoms with van der Waals surface area (Å²) in [7, 11) is 0. The van der Waals surface area contributed by atoms with E-state index in [1.54, 1.807) is 0 Å². The van der Waals surface area contributed by atoms with Crippen molar-refractivity contribution in [2.75, 3.05) is 25.2 Å². The van der Waals surface area contributed by atoms with E-state index < -0.39 is 0 Å². The number of hydrogen-bond acceptors (Lipinski definition) is 3. The molecule has 1 aromatic carbocycles. The molecule has 0 heterocycles. The fraction of sp³-hybridized carbons (Fsp3) is 0.571. The zero-order chi connectivity index (χ0) is 13.2. The van der Waals surface area contributed by atoms with Crippen molar-refractivity contribution in [3.8, 4) is 5.75 Å². The van der Waals surface area contributed by atoms with E-state index in [1.807, 2.05) is 30.0 Å². The van der Waals surface area contributed by atoms with Crippen molar-refractivity contribution in [2.24, 2.45) is 0 Å². The van der Waals surface area contributed by atoms with Gasteiger partial charge in [0, 0.05) is 17.1 Å². The first-order valence-electron chi connectivity index (χ1n) is 6.38. The molecule has 0 saturated heterocycles. The molecule has 1 aromatic rings. The minimum absolute atomic E-state index is 0.764. The molecule has 0 saturated carbocycles. The summed E-state index contributed by atoms with van der Waals surface area (Å²) in [5, 5.41) is 4.14. The van der Waals surface area contributed by atoms with Gasteiger partial charge in [-0.15, -0.1) is 0 Å². The fourth-order valence-corrected chi connectivity index (χ4v) is 2.21. The molecule has 0 amide bonds. The van der Waals surface area contributed by atoms with E-state index in [1.165, 1.54) is 0 Å². The number of nitrogens with one attached hydrogen (secondary N) is 1. The highest BCUT2D eigenvalue weighted by atomic mass is 35.5. The summed E-state index contributed by atoms with van der Waals surface area (Å²) in [5.74, 6) is 2.08. The Morgan fingerprint density at radius 2 is 2.22 bits per heavy atom. The molecule has 0 aliphatic rings. The number of ether oxygens (including phenoxy) is 1. The quantitative estimate of drug-likeness (QED) is 0.695. The van der Waals surface area contributed by atoms with Crippen molar-refractivity contribution < 1.29 is 4.74 Å². The molecule has 1 rings (SSSR count). The van der Waals surface area contributed by atoms with Crippen LogP contribution >= 0.6 is 23.4 Å². The van der Waals surface area contributed by atoms with Gasteiger partial charge >= 0.3 is 0 Å². The number of rotatable bonds is 9. The molecule has 4 heteroatoms. The molecular weight excluding hydrogens is 266 g/mol. The van der Waals surface area contributed by atoms with Crippen molar-refractivity contribution in [1.82, 2.24) is 5.32 Å². The summed E-state index contributed by atoms with van der Waals surface area (Å²) in [6, 6.07) is 5.83. The molecule has 0 unspecified atom stereocenters. The van der Waals surface area contributed by atoms with E-state index in [0.717, 1.165) is 54.6 Å². The second kappa shape index (κ2) is 9.54. The highest BCUT2D eigenvalue weighted by Crippen LogP contribution is 2.23. The number of thioether (sulfide) groups is 1. The van der Waals surface area contributed by atoms with Crippen molar-refractivity contribution in [3.63, 3.8) is 0 Å². The molecule has 0 aromatic heterocycles. The lowest BCUT2D eigenvalue weighted by Gasteiger charge is -2.12. The molecule has 0 bridgehead atoms. The topological polar surface area (TPSA) is 21.3 Å². The highest BCUT2D eigenvalue weighted by Gasteiger charge is 2.04. The first-order valence-corrected chi connectivity index (χ1v) is 8.16. The van der Waals surface area contributed by atoms with Crippen LogP contribution in [-0.2, 0) is 6.54 Å². The second-order valence-corrected chi connectivity index (χ2v) is 5.55. The Morgan fingerprint density at radius 3 is 2.94 bits per heavy atom. The summed E-state index contributed by atoms with van der Waals surface area (Å²) in [5.41, 5.74) is 1.14. The Labute approximate surface area is 119 Å². The largest absolute Gasteiger partial charge is 0.493 e. The first-order chi connectivity index (χ1) is 8.77. The predicted octanol–water partition coefficient (Wildman–Crippen LogP) is 3.97. The van der Waals surface area contributed by atoms with Crippen LogP contribution in [0.3, 0.4) is 0 Å². The number of hydrogen-bond donors (Lipinski definition) is 1. The summed E-state index contributed by atoms with van der Waals surface area (Å²) < 4.78 is 5.81. The molecule has 0 fully saturated rings. The summed E-state index contributed by atoms with van der Waals surface area (Å²) >= 11 is 7.87. The molecule has 0 radical (unpaired) electrons. The standard InChI is InChI=1S/C14H22ClNOS/c1-3-7-16-11-12-10-13(15)5-6-14(12)17-8-4-9-18-2/h5-6,10,16H,3-4,7-9,11H2,1-2H3. The fourth-order valence-electron chi connectivity index (χ4n) is 1.61. The van der Waals surface area contributed by atoms with E-state index in [4.69, 9.17) is 16.3 Å². The monoisotopic (exact) mass is 287 g/mol. The van der Waals surface area contributed by atoms with Gasteiger partial charge in [-0.3, -0.25) is 0 Å². The Kier molecular flexibility index (Phi) is 8.31. The molecule has 0 aliphatic carbocycles. The minimum atomic E-state index is 0.764. The average molecular weight is 288 g/mol. The second-order valence-electron chi connectivity index (χ2n) is 4.12. The molecule has 0 aliphatic heterocycles. The normalized spacial score (nSPS) is 10.6. The van der Waals surface area contributed by atoms with Gasteiger partial charge in [-0.25, -0.2) is 0 Å². The van der Waals surface area contributed by atoms with Crippen LogP contribution in [0.15, 0.2) is 18.2 Å². The van der Waals surface area contributed by atoms with E-state index in [0.29, 0.717) is 0 Å². The van der Waals surface area contributed by atoms with Gasteiger partial charge in [0.2, 0.25) is 0 Å². The van der Waals surface area contributed by atoms with Gasteiger partial charge in [0.1, 0.15) is 5.75 Å². The Balaban J connectivity index is 2.52. The molecule has 1 N–H and O–H groups in total. The van der Waals surface area contributed by atoms with E-state index in [9.17, 15) is 0 Å². The maximum atomic E-state index is 6.03. The van der Waals surface area contributed by atoms with Crippen LogP contribution < -0.4 is 10.1 Å². The van der Waals surface area contributed by atoms with E-state index in [2.05, 4.69) is 18.5 Å². The van der Waals surface area contributed by atoms with Crippen LogP contribution in [0.1, 0.15) is 25.3 Å². The van der Waals surface area contributed by atoms with E-state index in [-0.39, 0.29) is 0 Å². The maximum absolute atomic E-state index is 6.03. The van der Waals surface area contributed by atoms with Crippen molar-refractivity contribution in [3.05, 3.63) is 28.8 Å². The van der Waals surface area contributed by atoms with E-state index >= 15 is 0 Å². The minimum Gasteiger partial charge on any atom is -0.493 e. The van der Waals surface area contributed by atoms with Crippen LogP contribution in [0.25, 0.3) is 0 Å². The third-order valence-corrected chi connectivity index (χ3v) is 3.45. The zero-order valence-corrected chi connectivity index (χ0v) is 12.7. The van der Waals surface area contributed by atoms with Gasteiger partial charge in [0.15, 0.2) is 0 Å². The van der Waals surface area contributed by atoms with Crippen molar-refractivity contribution >= 4 is 23.4 Å². The molecule has 0 spiro atoms. The van der Waals surface area contributed by atoms with Crippen LogP contribution in [-0.4, -0.2) is 25.2 Å². The van der Waals surface area contributed by atoms with Crippen LogP contribution in [0, 0.1) is 0 Å². The summed E-state index contributed by atoms with van der Waals surface area (Å²) in [4.78, 5) is 0. The van der Waals surface area contributed by atoms with Crippen LogP contribution in [0.2, 0.25) is 5.02 Å². The van der Waals surface area contributed by atoms with Gasteiger partial charge in [0.05, 0.1) is 6.61 Å². The smallest absolute Gasteiger partial charge is 0.123 e. The molecule has 18 heavy (non-hydrogen) atoms. The average Bonchev–Trinajstić information content (AvgIpc) is 2.37. The van der Waals surface area contributed by atoms with Gasteiger partial charge in [-0.05, 0) is 49.6 Å². The van der Waals surface area contributed by atoms with Gasteiger partial charge < -0.3 is 10.1 Å². The number of halogens is 1. The van der Waals surface area contributed by atoms with Gasteiger partial charge in [-0.2, -0.15) is 11.8 Å². The third kappa shape index (κ3) is 5.98. The lowest BCUT2D eigenvalue weighted by Crippen LogP contribution is -2.15. The SMILES string of the molecule is CCCNCc1cc(Cl)ccc1OCCCSC. The lowest BCUT2D eigenvalue weighted by atomic mass is 10.2.